The molecular formula is C23H22ClFN2O4. The van der Waals surface area contributed by atoms with E-state index in [4.69, 9.17) is 16.3 Å². The summed E-state index contributed by atoms with van der Waals surface area (Å²) >= 11 is 6.03. The number of ether oxygens (including phenoxy) is 1. The number of halogens is 2. The van der Waals surface area contributed by atoms with E-state index in [0.29, 0.717) is 23.6 Å². The van der Waals surface area contributed by atoms with Crippen molar-refractivity contribution in [1.29, 1.82) is 0 Å². The van der Waals surface area contributed by atoms with Gasteiger partial charge in [-0.15, -0.1) is 0 Å². The number of carbonyl (C=O) groups is 2. The molecule has 0 aliphatic heterocycles. The van der Waals surface area contributed by atoms with Gasteiger partial charge in [0.2, 0.25) is 0 Å². The zero-order chi connectivity index (χ0) is 22.0. The highest BCUT2D eigenvalue weighted by molar-refractivity contribution is 6.32. The van der Waals surface area contributed by atoms with Gasteiger partial charge < -0.3 is 19.7 Å². The Hall–Kier alpha value is -2.90. The van der Waals surface area contributed by atoms with Gasteiger partial charge in [-0.3, -0.25) is 9.59 Å². The van der Waals surface area contributed by atoms with E-state index in [9.17, 15) is 19.1 Å². The predicted octanol–water partition coefficient (Wildman–Crippen LogP) is 3.61. The second kappa shape index (κ2) is 9.08. The number of rotatable bonds is 8. The SMILES string of the molecule is O=C(O)Cn1c2c(c3cc(F)ccc31)C[C@@H](NCC(=O)COc1ccccc1Cl)CC2. The number of ketones is 1. The molecule has 2 aromatic carbocycles. The summed E-state index contributed by atoms with van der Waals surface area (Å²) in [6.45, 7) is -0.0994. The van der Waals surface area contributed by atoms with Gasteiger partial charge in [-0.1, -0.05) is 23.7 Å². The molecule has 0 amide bonds. The standard InChI is InChI=1S/C23H22ClFN2O4/c24-19-3-1-2-4-22(19)31-13-16(28)11-26-15-6-8-21-18(10-15)17-9-14(25)5-7-20(17)27(21)12-23(29)30/h1-5,7,9,15,26H,6,8,10-13H2,(H,29,30)/t15-/m0/s1. The van der Waals surface area contributed by atoms with Crippen LogP contribution in [0.1, 0.15) is 17.7 Å². The molecule has 0 radical (unpaired) electrons. The van der Waals surface area contributed by atoms with E-state index in [1.165, 1.54) is 12.1 Å². The van der Waals surface area contributed by atoms with Crippen LogP contribution in [-0.2, 0) is 29.0 Å². The Morgan fingerprint density at radius 1 is 1.26 bits per heavy atom. The molecular weight excluding hydrogens is 423 g/mol. The number of nitrogens with one attached hydrogen (secondary N) is 1. The molecule has 6 nitrogen and oxygen atoms in total. The van der Waals surface area contributed by atoms with Crippen LogP contribution in [0.5, 0.6) is 5.75 Å². The molecule has 1 heterocycles. The lowest BCUT2D eigenvalue weighted by molar-refractivity contribution is -0.137. The molecule has 8 heteroatoms. The van der Waals surface area contributed by atoms with Crippen LogP contribution in [-0.4, -0.2) is 40.6 Å². The van der Waals surface area contributed by atoms with Crippen molar-refractivity contribution in [1.82, 2.24) is 9.88 Å². The van der Waals surface area contributed by atoms with Gasteiger partial charge in [0.25, 0.3) is 0 Å². The Morgan fingerprint density at radius 2 is 2.06 bits per heavy atom. The van der Waals surface area contributed by atoms with Crippen molar-refractivity contribution in [3.05, 3.63) is 64.6 Å². The third-order valence-electron chi connectivity index (χ3n) is 5.54. The van der Waals surface area contributed by atoms with Crippen LogP contribution in [0.3, 0.4) is 0 Å². The van der Waals surface area contributed by atoms with Gasteiger partial charge in [-0.05, 0) is 55.2 Å². The number of hydrogen-bond donors (Lipinski definition) is 2. The first-order valence-corrected chi connectivity index (χ1v) is 10.4. The molecule has 1 aliphatic rings. The lowest BCUT2D eigenvalue weighted by atomic mass is 9.91. The van der Waals surface area contributed by atoms with Gasteiger partial charge in [-0.25, -0.2) is 4.39 Å². The van der Waals surface area contributed by atoms with Crippen LogP contribution < -0.4 is 10.1 Å². The molecule has 31 heavy (non-hydrogen) atoms. The number of carboxylic acid groups (broad SMARTS) is 1. The fourth-order valence-corrected chi connectivity index (χ4v) is 4.33. The second-order valence-electron chi connectivity index (χ2n) is 7.64. The highest BCUT2D eigenvalue weighted by atomic mass is 35.5. The minimum atomic E-state index is -0.937. The van der Waals surface area contributed by atoms with Crippen LogP contribution in [0.2, 0.25) is 5.02 Å². The smallest absolute Gasteiger partial charge is 0.323 e. The van der Waals surface area contributed by atoms with Crippen LogP contribution >= 0.6 is 11.6 Å². The number of benzene rings is 2. The summed E-state index contributed by atoms with van der Waals surface area (Å²) in [5.41, 5.74) is 2.59. The first-order chi connectivity index (χ1) is 14.9. The normalized spacial score (nSPS) is 15.6. The van der Waals surface area contributed by atoms with E-state index in [-0.39, 0.29) is 37.3 Å². The Morgan fingerprint density at radius 3 is 2.84 bits per heavy atom. The summed E-state index contributed by atoms with van der Waals surface area (Å²) in [7, 11) is 0. The lowest BCUT2D eigenvalue weighted by Gasteiger charge is -2.24. The molecule has 162 valence electrons. The summed E-state index contributed by atoms with van der Waals surface area (Å²) in [6, 6.07) is 11.4. The van der Waals surface area contributed by atoms with Crippen molar-refractivity contribution < 1.29 is 23.8 Å². The van der Waals surface area contributed by atoms with Gasteiger partial charge in [0.15, 0.2) is 5.78 Å². The van der Waals surface area contributed by atoms with Crippen molar-refractivity contribution in [2.24, 2.45) is 0 Å². The second-order valence-corrected chi connectivity index (χ2v) is 8.05. The maximum atomic E-state index is 13.9. The number of fused-ring (bicyclic) bond motifs is 3. The molecule has 0 unspecified atom stereocenters. The van der Waals surface area contributed by atoms with Gasteiger partial charge in [0, 0.05) is 22.6 Å². The monoisotopic (exact) mass is 444 g/mol. The molecule has 0 fully saturated rings. The van der Waals surface area contributed by atoms with E-state index in [0.717, 1.165) is 28.6 Å². The van der Waals surface area contributed by atoms with Crippen molar-refractivity contribution in [2.45, 2.75) is 31.8 Å². The quantitative estimate of drug-likeness (QED) is 0.554. The summed E-state index contributed by atoms with van der Waals surface area (Å²) in [5, 5.41) is 13.7. The number of Topliss-reactive ketones (excluding diaryl/α,β-unsaturated/α-hetero) is 1. The number of aromatic nitrogens is 1. The average molecular weight is 445 g/mol. The van der Waals surface area contributed by atoms with Gasteiger partial charge in [0.05, 0.1) is 11.6 Å². The maximum Gasteiger partial charge on any atom is 0.323 e. The average Bonchev–Trinajstić information content (AvgIpc) is 3.03. The third kappa shape index (κ3) is 4.73. The van der Waals surface area contributed by atoms with Crippen LogP contribution in [0.25, 0.3) is 10.9 Å². The van der Waals surface area contributed by atoms with Crippen molar-refractivity contribution in [3.8, 4) is 5.75 Å². The van der Waals surface area contributed by atoms with Gasteiger partial charge >= 0.3 is 5.97 Å². The fourth-order valence-electron chi connectivity index (χ4n) is 4.14. The molecule has 1 atom stereocenters. The van der Waals surface area contributed by atoms with Crippen LogP contribution in [0, 0.1) is 5.82 Å². The molecule has 3 aromatic rings. The van der Waals surface area contributed by atoms with E-state index >= 15 is 0 Å². The number of carbonyl (C=O) groups excluding carboxylic acids is 1. The minimum Gasteiger partial charge on any atom is -0.484 e. The maximum absolute atomic E-state index is 13.9. The zero-order valence-electron chi connectivity index (χ0n) is 16.7. The third-order valence-corrected chi connectivity index (χ3v) is 5.85. The topological polar surface area (TPSA) is 80.6 Å². The van der Waals surface area contributed by atoms with E-state index in [1.54, 1.807) is 34.9 Å². The van der Waals surface area contributed by atoms with E-state index < -0.39 is 5.97 Å². The Bertz CT molecular complexity index is 1140. The van der Waals surface area contributed by atoms with Crippen molar-refractivity contribution >= 4 is 34.3 Å². The predicted molar refractivity (Wildman–Crippen MR) is 115 cm³/mol. The summed E-state index contributed by atoms with van der Waals surface area (Å²) in [4.78, 5) is 23.6. The number of carboxylic acids is 1. The number of para-hydroxylation sites is 1. The molecule has 0 spiro atoms. The highest BCUT2D eigenvalue weighted by Gasteiger charge is 2.26. The van der Waals surface area contributed by atoms with E-state index in [1.807, 2.05) is 0 Å². The molecule has 0 bridgehead atoms. The first-order valence-electron chi connectivity index (χ1n) is 10.1. The summed E-state index contributed by atoms with van der Waals surface area (Å²) in [5.74, 6) is -0.934. The summed E-state index contributed by atoms with van der Waals surface area (Å²) in [6.07, 6.45) is 2.01. The Kier molecular flexibility index (Phi) is 6.25. The number of aliphatic carboxylic acids is 1. The highest BCUT2D eigenvalue weighted by Crippen LogP contribution is 2.33. The lowest BCUT2D eigenvalue weighted by Crippen LogP contribution is -2.39. The Labute approximate surface area is 183 Å². The summed E-state index contributed by atoms with van der Waals surface area (Å²) < 4.78 is 21.1. The first kappa shape index (κ1) is 21.3. The number of nitrogens with zero attached hydrogens (tertiary/aromatic N) is 1. The molecule has 1 aromatic heterocycles. The molecule has 0 saturated heterocycles. The molecule has 4 rings (SSSR count). The molecule has 2 N–H and O–H groups in total. The van der Waals surface area contributed by atoms with Crippen molar-refractivity contribution in [2.75, 3.05) is 13.2 Å². The van der Waals surface area contributed by atoms with Gasteiger partial charge in [-0.2, -0.15) is 0 Å². The fraction of sp³-hybridized carbons (Fsp3) is 0.304. The molecule has 0 saturated carbocycles. The molecule has 1 aliphatic carbocycles. The zero-order valence-corrected chi connectivity index (χ0v) is 17.5. The van der Waals surface area contributed by atoms with Gasteiger partial charge in [0.1, 0.15) is 24.7 Å². The van der Waals surface area contributed by atoms with Crippen molar-refractivity contribution in [3.63, 3.8) is 0 Å². The number of hydrogen-bond acceptors (Lipinski definition) is 4. The van der Waals surface area contributed by atoms with Crippen LogP contribution in [0.15, 0.2) is 42.5 Å². The Balaban J connectivity index is 1.42. The minimum absolute atomic E-state index is 0.0314. The van der Waals surface area contributed by atoms with Crippen LogP contribution in [0.4, 0.5) is 4.39 Å². The van der Waals surface area contributed by atoms with E-state index in [2.05, 4.69) is 5.32 Å². The largest absolute Gasteiger partial charge is 0.484 e.